The molecule has 1 aromatic rings. The molecule has 0 aromatic heterocycles. The molecule has 0 aliphatic heterocycles. The van der Waals surface area contributed by atoms with Crippen molar-refractivity contribution in [2.75, 3.05) is 11.9 Å². The van der Waals surface area contributed by atoms with Gasteiger partial charge >= 0.3 is 0 Å². The number of hydrogen-bond donors (Lipinski definition) is 3. The number of nitrogens with two attached hydrogens (primary N) is 2. The molecule has 1 aromatic carbocycles. The average Bonchev–Trinajstić information content (AvgIpc) is 3.09. The number of anilines is 1. The third kappa shape index (κ3) is 3.11. The first-order valence-corrected chi connectivity index (χ1v) is 6.04. The lowest BCUT2D eigenvalue weighted by molar-refractivity contribution is 0.100. The monoisotopic (exact) mass is 253 g/mol. The minimum Gasteiger partial charge on any atom is -0.383 e. The van der Waals surface area contributed by atoms with Gasteiger partial charge in [0.1, 0.15) is 0 Å². The maximum atomic E-state index is 11.0. The molecule has 0 heterocycles. The van der Waals surface area contributed by atoms with Gasteiger partial charge in [-0.05, 0) is 37.0 Å². The van der Waals surface area contributed by atoms with Crippen LogP contribution in [-0.2, 0) is 0 Å². The highest BCUT2D eigenvalue weighted by Gasteiger charge is 2.27. The number of nitrogens with one attached hydrogen (secondary N) is 1. The number of benzene rings is 1. The Hall–Kier alpha value is -1.26. The number of hydrogen-bond acceptors (Lipinski definition) is 3. The van der Waals surface area contributed by atoms with E-state index in [1.165, 1.54) is 12.8 Å². The summed E-state index contributed by atoms with van der Waals surface area (Å²) in [7, 11) is 0. The number of amides is 1. The highest BCUT2D eigenvalue weighted by Crippen LogP contribution is 2.31. The van der Waals surface area contributed by atoms with Gasteiger partial charge in [-0.2, -0.15) is 0 Å². The van der Waals surface area contributed by atoms with E-state index in [-0.39, 0.29) is 6.04 Å². The van der Waals surface area contributed by atoms with Gasteiger partial charge in [0.15, 0.2) is 0 Å². The third-order valence-corrected chi connectivity index (χ3v) is 3.32. The van der Waals surface area contributed by atoms with E-state index in [0.717, 1.165) is 12.2 Å². The second-order valence-corrected chi connectivity index (χ2v) is 4.85. The van der Waals surface area contributed by atoms with E-state index in [2.05, 4.69) is 5.32 Å². The fraction of sp³-hybridized carbons (Fsp3) is 0.417. The minimum atomic E-state index is -0.517. The molecule has 1 atom stereocenters. The second kappa shape index (κ2) is 4.94. The average molecular weight is 254 g/mol. The SMILES string of the molecule is NC(=O)c1ccc(NCC(N)C2CC2)cc1Cl. The smallest absolute Gasteiger partial charge is 0.250 e. The van der Waals surface area contributed by atoms with Gasteiger partial charge in [0.25, 0.3) is 0 Å². The minimum absolute atomic E-state index is 0.185. The summed E-state index contributed by atoms with van der Waals surface area (Å²) in [5, 5.41) is 3.57. The Labute approximate surface area is 105 Å². The van der Waals surface area contributed by atoms with Crippen molar-refractivity contribution in [3.05, 3.63) is 28.8 Å². The topological polar surface area (TPSA) is 81.1 Å². The predicted octanol–water partition coefficient (Wildman–Crippen LogP) is 1.59. The van der Waals surface area contributed by atoms with Crippen LogP contribution < -0.4 is 16.8 Å². The molecule has 1 aliphatic carbocycles. The zero-order valence-corrected chi connectivity index (χ0v) is 10.2. The Bertz CT molecular complexity index is 432. The number of carbonyl (C=O) groups is 1. The third-order valence-electron chi connectivity index (χ3n) is 3.00. The fourth-order valence-electron chi connectivity index (χ4n) is 1.75. The van der Waals surface area contributed by atoms with Crippen molar-refractivity contribution in [2.24, 2.45) is 17.4 Å². The van der Waals surface area contributed by atoms with Crippen molar-refractivity contribution in [1.29, 1.82) is 0 Å². The standard InChI is InChI=1S/C12H16ClN3O/c13-10-5-8(3-4-9(10)12(15)17)16-6-11(14)7-1-2-7/h3-5,7,11,16H,1-2,6,14H2,(H2,15,17). The van der Waals surface area contributed by atoms with Crippen molar-refractivity contribution < 1.29 is 4.79 Å². The van der Waals surface area contributed by atoms with Gasteiger partial charge in [-0.15, -0.1) is 0 Å². The predicted molar refractivity (Wildman–Crippen MR) is 69.2 cm³/mol. The van der Waals surface area contributed by atoms with E-state index in [1.54, 1.807) is 18.2 Å². The fourth-order valence-corrected chi connectivity index (χ4v) is 2.03. The van der Waals surface area contributed by atoms with Crippen LogP contribution in [0.1, 0.15) is 23.2 Å². The number of carbonyl (C=O) groups excluding carboxylic acids is 1. The lowest BCUT2D eigenvalue weighted by Crippen LogP contribution is -2.31. The summed E-state index contributed by atoms with van der Waals surface area (Å²) in [6.45, 7) is 0.719. The molecular weight excluding hydrogens is 238 g/mol. The van der Waals surface area contributed by atoms with E-state index < -0.39 is 5.91 Å². The van der Waals surface area contributed by atoms with Crippen LogP contribution in [0, 0.1) is 5.92 Å². The van der Waals surface area contributed by atoms with Crippen LogP contribution in [0.15, 0.2) is 18.2 Å². The first kappa shape index (κ1) is 12.2. The number of halogens is 1. The maximum absolute atomic E-state index is 11.0. The lowest BCUT2D eigenvalue weighted by atomic mass is 10.1. The van der Waals surface area contributed by atoms with Gasteiger partial charge in [-0.3, -0.25) is 4.79 Å². The maximum Gasteiger partial charge on any atom is 0.250 e. The molecule has 0 radical (unpaired) electrons. The Morgan fingerprint density at radius 3 is 2.76 bits per heavy atom. The highest BCUT2D eigenvalue weighted by molar-refractivity contribution is 6.34. The molecule has 1 aliphatic rings. The zero-order chi connectivity index (χ0) is 12.4. The molecule has 1 fully saturated rings. The van der Waals surface area contributed by atoms with Gasteiger partial charge in [-0.25, -0.2) is 0 Å². The van der Waals surface area contributed by atoms with E-state index in [1.807, 2.05) is 0 Å². The molecule has 2 rings (SSSR count). The summed E-state index contributed by atoms with van der Waals surface area (Å²) in [5.74, 6) is 0.138. The van der Waals surface area contributed by atoms with E-state index in [9.17, 15) is 4.79 Å². The summed E-state index contributed by atoms with van der Waals surface area (Å²) in [4.78, 5) is 11.0. The van der Waals surface area contributed by atoms with Crippen molar-refractivity contribution in [3.63, 3.8) is 0 Å². The van der Waals surface area contributed by atoms with Crippen LogP contribution >= 0.6 is 11.6 Å². The molecule has 1 unspecified atom stereocenters. The first-order chi connectivity index (χ1) is 8.08. The normalized spacial score (nSPS) is 16.6. The van der Waals surface area contributed by atoms with Gasteiger partial charge in [0, 0.05) is 18.3 Å². The molecule has 0 saturated heterocycles. The zero-order valence-electron chi connectivity index (χ0n) is 9.45. The van der Waals surface area contributed by atoms with E-state index >= 15 is 0 Å². The Balaban J connectivity index is 1.97. The first-order valence-electron chi connectivity index (χ1n) is 5.66. The summed E-state index contributed by atoms with van der Waals surface area (Å²) in [6.07, 6.45) is 2.45. The van der Waals surface area contributed by atoms with Gasteiger partial charge in [-0.1, -0.05) is 11.6 Å². The molecule has 92 valence electrons. The molecular formula is C12H16ClN3O. The molecule has 0 bridgehead atoms. The van der Waals surface area contributed by atoms with Gasteiger partial charge in [0.05, 0.1) is 10.6 Å². The van der Waals surface area contributed by atoms with Gasteiger partial charge < -0.3 is 16.8 Å². The molecule has 0 spiro atoms. The van der Waals surface area contributed by atoms with Crippen molar-refractivity contribution in [3.8, 4) is 0 Å². The molecule has 5 heteroatoms. The van der Waals surface area contributed by atoms with Crippen molar-refractivity contribution in [2.45, 2.75) is 18.9 Å². The second-order valence-electron chi connectivity index (χ2n) is 4.44. The van der Waals surface area contributed by atoms with Crippen LogP contribution in [0.5, 0.6) is 0 Å². The molecule has 17 heavy (non-hydrogen) atoms. The number of rotatable bonds is 5. The van der Waals surface area contributed by atoms with Crippen LogP contribution in [0.25, 0.3) is 0 Å². The summed E-state index contributed by atoms with van der Waals surface area (Å²) >= 11 is 5.94. The summed E-state index contributed by atoms with van der Waals surface area (Å²) < 4.78 is 0. The quantitative estimate of drug-likeness (QED) is 0.745. The molecule has 4 nitrogen and oxygen atoms in total. The highest BCUT2D eigenvalue weighted by atomic mass is 35.5. The van der Waals surface area contributed by atoms with Crippen LogP contribution in [-0.4, -0.2) is 18.5 Å². The lowest BCUT2D eigenvalue weighted by Gasteiger charge is -2.13. The summed E-state index contributed by atoms with van der Waals surface area (Å²) in [5.41, 5.74) is 12.3. The van der Waals surface area contributed by atoms with Crippen LogP contribution in [0.3, 0.4) is 0 Å². The van der Waals surface area contributed by atoms with Crippen LogP contribution in [0.2, 0.25) is 5.02 Å². The Morgan fingerprint density at radius 1 is 1.53 bits per heavy atom. The van der Waals surface area contributed by atoms with Crippen LogP contribution in [0.4, 0.5) is 5.69 Å². The Morgan fingerprint density at radius 2 is 2.24 bits per heavy atom. The van der Waals surface area contributed by atoms with Crippen molar-refractivity contribution >= 4 is 23.2 Å². The largest absolute Gasteiger partial charge is 0.383 e. The number of primary amides is 1. The molecule has 1 saturated carbocycles. The molecule has 1 amide bonds. The van der Waals surface area contributed by atoms with Crippen molar-refractivity contribution in [1.82, 2.24) is 0 Å². The molecule has 5 N–H and O–H groups in total. The summed E-state index contributed by atoms with van der Waals surface area (Å²) in [6, 6.07) is 5.28. The Kier molecular flexibility index (Phi) is 3.54. The van der Waals surface area contributed by atoms with Gasteiger partial charge in [0.2, 0.25) is 5.91 Å². The van der Waals surface area contributed by atoms with E-state index in [0.29, 0.717) is 16.5 Å². The van der Waals surface area contributed by atoms with E-state index in [4.69, 9.17) is 23.1 Å².